The lowest BCUT2D eigenvalue weighted by atomic mass is 10.4. The summed E-state index contributed by atoms with van der Waals surface area (Å²) in [6, 6.07) is 3.18. The van der Waals surface area contributed by atoms with Gasteiger partial charge in [-0.05, 0) is 28.1 Å². The van der Waals surface area contributed by atoms with Crippen molar-refractivity contribution in [2.45, 2.75) is 10.4 Å². The van der Waals surface area contributed by atoms with Crippen LogP contribution in [-0.2, 0) is 19.6 Å². The Balaban J connectivity index is 2.35. The minimum atomic E-state index is -3.64. The highest BCUT2D eigenvalue weighted by Crippen LogP contribution is 2.30. The molecule has 0 bridgehead atoms. The number of nitrogens with zero attached hydrogens (tertiary/aromatic N) is 2. The minimum Gasteiger partial charge on any atom is -0.376 e. The van der Waals surface area contributed by atoms with Gasteiger partial charge in [0.1, 0.15) is 4.21 Å². The Hall–Kier alpha value is -0.570. The zero-order valence-electron chi connectivity index (χ0n) is 9.08. The van der Waals surface area contributed by atoms with Gasteiger partial charge < -0.3 is 4.74 Å². The number of ether oxygens (including phenoxy) is 1. The third kappa shape index (κ3) is 2.71. The standard InChI is InChI=1S/C9H9BrN2O4S2/c10-7-1-2-9(17-7)18(14,15)12-3-4-16-5-8(12)11-6-13/h1-2,8H,3-5H2. The van der Waals surface area contributed by atoms with E-state index in [2.05, 4.69) is 20.9 Å². The van der Waals surface area contributed by atoms with Gasteiger partial charge >= 0.3 is 0 Å². The average molecular weight is 353 g/mol. The number of hydrogen-bond acceptors (Lipinski definition) is 6. The zero-order chi connectivity index (χ0) is 13.2. The number of carbonyl (C=O) groups excluding carboxylic acids is 1. The highest BCUT2D eigenvalue weighted by atomic mass is 79.9. The van der Waals surface area contributed by atoms with Crippen molar-refractivity contribution in [3.8, 4) is 0 Å². The predicted molar refractivity (Wildman–Crippen MR) is 68.6 cm³/mol. The Bertz CT molecular complexity index is 579. The smallest absolute Gasteiger partial charge is 0.254 e. The minimum absolute atomic E-state index is 0.0705. The molecule has 0 radical (unpaired) electrons. The molecule has 0 saturated carbocycles. The van der Waals surface area contributed by atoms with Crippen LogP contribution in [0.25, 0.3) is 0 Å². The first kappa shape index (κ1) is 13.9. The lowest BCUT2D eigenvalue weighted by Gasteiger charge is -2.30. The summed E-state index contributed by atoms with van der Waals surface area (Å²) < 4.78 is 31.9. The molecule has 1 aliphatic rings. The molecular formula is C9H9BrN2O4S2. The van der Waals surface area contributed by atoms with Crippen LogP contribution in [0.2, 0.25) is 0 Å². The van der Waals surface area contributed by atoms with Crippen molar-refractivity contribution in [2.24, 2.45) is 4.99 Å². The summed E-state index contributed by atoms with van der Waals surface area (Å²) in [5.74, 6) is 0. The molecule has 1 atom stereocenters. The maximum atomic E-state index is 12.4. The maximum Gasteiger partial charge on any atom is 0.254 e. The van der Waals surface area contributed by atoms with Crippen LogP contribution in [0.4, 0.5) is 0 Å². The number of hydrogen-bond donors (Lipinski definition) is 0. The van der Waals surface area contributed by atoms with E-state index in [0.717, 1.165) is 15.1 Å². The second-order valence-electron chi connectivity index (χ2n) is 3.45. The van der Waals surface area contributed by atoms with Crippen molar-refractivity contribution < 1.29 is 17.9 Å². The fraction of sp³-hybridized carbons (Fsp3) is 0.444. The second-order valence-corrected chi connectivity index (χ2v) is 8.03. The number of halogens is 1. The van der Waals surface area contributed by atoms with Gasteiger partial charge in [0.15, 0.2) is 6.17 Å². The Kier molecular flexibility index (Phi) is 4.31. The van der Waals surface area contributed by atoms with Crippen LogP contribution in [0.15, 0.2) is 25.1 Å². The number of thiophene rings is 1. The highest BCUT2D eigenvalue weighted by Gasteiger charge is 2.35. The van der Waals surface area contributed by atoms with Crippen LogP contribution < -0.4 is 0 Å². The Morgan fingerprint density at radius 1 is 1.56 bits per heavy atom. The largest absolute Gasteiger partial charge is 0.376 e. The van der Waals surface area contributed by atoms with E-state index >= 15 is 0 Å². The van der Waals surface area contributed by atoms with Gasteiger partial charge in [-0.3, -0.25) is 0 Å². The van der Waals surface area contributed by atoms with Gasteiger partial charge in [0.25, 0.3) is 10.0 Å². The summed E-state index contributed by atoms with van der Waals surface area (Å²) in [4.78, 5) is 13.8. The van der Waals surface area contributed by atoms with Crippen molar-refractivity contribution in [1.29, 1.82) is 0 Å². The van der Waals surface area contributed by atoms with Gasteiger partial charge in [-0.1, -0.05) is 0 Å². The summed E-state index contributed by atoms with van der Waals surface area (Å²) >= 11 is 4.33. The van der Waals surface area contributed by atoms with Gasteiger partial charge in [0.05, 0.1) is 17.0 Å². The quantitative estimate of drug-likeness (QED) is 0.604. The van der Waals surface area contributed by atoms with Crippen molar-refractivity contribution >= 4 is 43.4 Å². The first-order chi connectivity index (χ1) is 8.55. The summed E-state index contributed by atoms with van der Waals surface area (Å²) in [5.41, 5.74) is 0. The summed E-state index contributed by atoms with van der Waals surface area (Å²) in [6.07, 6.45) is 0.548. The van der Waals surface area contributed by atoms with Crippen LogP contribution in [0.3, 0.4) is 0 Å². The third-order valence-corrected chi connectivity index (χ3v) is 6.36. The van der Waals surface area contributed by atoms with E-state index < -0.39 is 16.2 Å². The fourth-order valence-corrected chi connectivity index (χ4v) is 5.20. The van der Waals surface area contributed by atoms with Crippen molar-refractivity contribution in [2.75, 3.05) is 19.8 Å². The number of aliphatic imine (C=N–C) groups is 1. The zero-order valence-corrected chi connectivity index (χ0v) is 12.3. The molecule has 2 heterocycles. The van der Waals surface area contributed by atoms with E-state index in [1.54, 1.807) is 6.07 Å². The summed E-state index contributed by atoms with van der Waals surface area (Å²) in [6.45, 7) is 0.533. The Morgan fingerprint density at radius 3 is 2.94 bits per heavy atom. The molecule has 1 unspecified atom stereocenters. The lowest BCUT2D eigenvalue weighted by molar-refractivity contribution is 0.0360. The van der Waals surface area contributed by atoms with E-state index in [1.807, 2.05) is 0 Å². The van der Waals surface area contributed by atoms with Crippen molar-refractivity contribution in [3.63, 3.8) is 0 Å². The molecule has 0 aromatic carbocycles. The predicted octanol–water partition coefficient (Wildman–Crippen LogP) is 1.19. The van der Waals surface area contributed by atoms with E-state index in [4.69, 9.17) is 4.74 Å². The lowest BCUT2D eigenvalue weighted by Crippen LogP contribution is -2.47. The summed E-state index contributed by atoms with van der Waals surface area (Å²) in [7, 11) is -3.64. The van der Waals surface area contributed by atoms with Crippen LogP contribution in [0, 0.1) is 0 Å². The highest BCUT2D eigenvalue weighted by molar-refractivity contribution is 9.11. The Morgan fingerprint density at radius 2 is 2.33 bits per heavy atom. The van der Waals surface area contributed by atoms with E-state index in [1.165, 1.54) is 16.5 Å². The molecule has 98 valence electrons. The van der Waals surface area contributed by atoms with Crippen molar-refractivity contribution in [1.82, 2.24) is 4.31 Å². The number of isocyanates is 1. The van der Waals surface area contributed by atoms with Gasteiger partial charge in [0.2, 0.25) is 6.08 Å². The van der Waals surface area contributed by atoms with E-state index in [-0.39, 0.29) is 24.0 Å². The fourth-order valence-electron chi connectivity index (χ4n) is 1.57. The molecule has 9 heteroatoms. The molecule has 0 spiro atoms. The van der Waals surface area contributed by atoms with E-state index in [9.17, 15) is 13.2 Å². The molecule has 1 aliphatic heterocycles. The molecule has 1 aromatic heterocycles. The van der Waals surface area contributed by atoms with Gasteiger partial charge in [-0.15, -0.1) is 11.3 Å². The van der Waals surface area contributed by atoms with Gasteiger partial charge in [-0.2, -0.15) is 9.30 Å². The molecule has 6 nitrogen and oxygen atoms in total. The monoisotopic (exact) mass is 352 g/mol. The summed E-state index contributed by atoms with van der Waals surface area (Å²) in [5, 5.41) is 0. The molecule has 1 fully saturated rings. The van der Waals surface area contributed by atoms with Gasteiger partial charge in [0, 0.05) is 6.54 Å². The van der Waals surface area contributed by atoms with Crippen molar-refractivity contribution in [3.05, 3.63) is 15.9 Å². The molecule has 18 heavy (non-hydrogen) atoms. The Labute approximate surface area is 116 Å². The molecular weight excluding hydrogens is 344 g/mol. The molecule has 1 saturated heterocycles. The molecule has 0 N–H and O–H groups in total. The molecule has 2 rings (SSSR count). The second kappa shape index (κ2) is 5.60. The van der Waals surface area contributed by atoms with Crippen LogP contribution >= 0.6 is 27.3 Å². The third-order valence-electron chi connectivity index (χ3n) is 2.37. The number of morpholine rings is 1. The first-order valence-electron chi connectivity index (χ1n) is 4.97. The van der Waals surface area contributed by atoms with E-state index in [0.29, 0.717) is 0 Å². The number of rotatable bonds is 3. The SMILES string of the molecule is O=C=NC1COCCN1S(=O)(=O)c1ccc(Br)s1. The van der Waals surface area contributed by atoms with Crippen LogP contribution in [0.5, 0.6) is 0 Å². The van der Waals surface area contributed by atoms with Gasteiger partial charge in [-0.25, -0.2) is 13.2 Å². The maximum absolute atomic E-state index is 12.4. The number of sulfonamides is 1. The average Bonchev–Trinajstić information content (AvgIpc) is 2.78. The molecule has 1 aromatic rings. The van der Waals surface area contributed by atoms with Crippen LogP contribution in [0.1, 0.15) is 0 Å². The topological polar surface area (TPSA) is 76.0 Å². The normalized spacial score (nSPS) is 21.5. The first-order valence-corrected chi connectivity index (χ1v) is 8.02. The van der Waals surface area contributed by atoms with Crippen LogP contribution in [-0.4, -0.2) is 44.7 Å². The molecule has 0 aliphatic carbocycles. The molecule has 0 amide bonds.